The molecule has 0 aliphatic carbocycles. The number of carbonyl (C=O) groups excluding carboxylic acids is 4. The summed E-state index contributed by atoms with van der Waals surface area (Å²) in [6.45, 7) is 8.49. The number of fused-ring (bicyclic) bond motifs is 1. The molecule has 4 aromatic carbocycles. The van der Waals surface area contributed by atoms with Gasteiger partial charge in [0.1, 0.15) is 27.9 Å². The van der Waals surface area contributed by atoms with Crippen molar-refractivity contribution in [3.63, 3.8) is 0 Å². The van der Waals surface area contributed by atoms with Crippen molar-refractivity contribution in [1.82, 2.24) is 4.98 Å². The molecule has 1 aromatic heterocycles. The van der Waals surface area contributed by atoms with Crippen LogP contribution in [0.25, 0.3) is 10.2 Å². The minimum atomic E-state index is -0.615. The lowest BCUT2D eigenvalue weighted by Gasteiger charge is -2.12. The van der Waals surface area contributed by atoms with Gasteiger partial charge in [0.15, 0.2) is 5.75 Å². The van der Waals surface area contributed by atoms with Gasteiger partial charge in [0.25, 0.3) is 0 Å². The van der Waals surface area contributed by atoms with Crippen LogP contribution in [0, 0.1) is 0 Å². The number of hydrogen-bond donors (Lipinski definition) is 1. The van der Waals surface area contributed by atoms with Gasteiger partial charge in [-0.15, -0.1) is 11.3 Å². The Labute approximate surface area is 352 Å². The average Bonchev–Trinajstić information content (AvgIpc) is 3.69. The first-order valence-electron chi connectivity index (χ1n) is 19.6. The number of benzene rings is 4. The largest absolute Gasteiger partial charge is 0.494 e. The molecule has 0 aliphatic rings. The van der Waals surface area contributed by atoms with E-state index in [0.717, 1.165) is 73.7 Å². The van der Waals surface area contributed by atoms with Gasteiger partial charge in [-0.2, -0.15) is 5.10 Å². The highest BCUT2D eigenvalue weighted by Gasteiger charge is 2.16. The summed E-state index contributed by atoms with van der Waals surface area (Å²) in [5.41, 5.74) is 4.64. The molecule has 0 unspecified atom stereocenters. The van der Waals surface area contributed by atoms with Gasteiger partial charge in [0.05, 0.1) is 54.0 Å². The zero-order valence-electron chi connectivity index (χ0n) is 33.2. The van der Waals surface area contributed by atoms with Gasteiger partial charge < -0.3 is 28.4 Å². The smallest absolute Gasteiger partial charge is 0.343 e. The molecule has 0 bridgehead atoms. The number of aromatic nitrogens is 1. The Bertz CT molecular complexity index is 2200. The van der Waals surface area contributed by atoms with Crippen LogP contribution in [0.1, 0.15) is 77.1 Å². The molecule has 0 aliphatic heterocycles. The molecular weight excluding hydrogens is 787 g/mol. The molecule has 60 heavy (non-hydrogen) atoms. The van der Waals surface area contributed by atoms with Crippen molar-refractivity contribution in [2.75, 3.05) is 31.9 Å². The van der Waals surface area contributed by atoms with Crippen LogP contribution in [0.15, 0.2) is 121 Å². The predicted molar refractivity (Wildman–Crippen MR) is 230 cm³/mol. The molecule has 0 spiro atoms. The van der Waals surface area contributed by atoms with Gasteiger partial charge in [0, 0.05) is 18.2 Å². The number of esters is 4. The number of para-hydroxylation sites is 1. The fourth-order valence-corrected chi connectivity index (χ4v) is 6.35. The molecule has 14 heteroatoms. The van der Waals surface area contributed by atoms with Gasteiger partial charge in [-0.1, -0.05) is 25.3 Å². The Balaban J connectivity index is 1.15. The van der Waals surface area contributed by atoms with E-state index in [0.29, 0.717) is 54.1 Å². The number of hydrogen-bond acceptors (Lipinski definition) is 14. The van der Waals surface area contributed by atoms with E-state index in [-0.39, 0.29) is 17.2 Å². The number of unbranched alkanes of at least 4 members (excludes halogenated alkanes) is 6. The van der Waals surface area contributed by atoms with E-state index in [2.05, 4.69) is 28.7 Å². The predicted octanol–water partition coefficient (Wildman–Crippen LogP) is 9.52. The van der Waals surface area contributed by atoms with Gasteiger partial charge >= 0.3 is 23.9 Å². The molecule has 0 fully saturated rings. The molecular formula is C46H47N3O10S. The molecule has 0 atom stereocenters. The highest BCUT2D eigenvalue weighted by Crippen LogP contribution is 2.31. The fraction of sp³-hybridized carbons (Fsp3) is 0.261. The van der Waals surface area contributed by atoms with Crippen molar-refractivity contribution >= 4 is 57.3 Å². The topological polar surface area (TPSA) is 161 Å². The molecule has 0 saturated heterocycles. The second-order valence-electron chi connectivity index (χ2n) is 13.1. The maximum Gasteiger partial charge on any atom is 0.343 e. The van der Waals surface area contributed by atoms with Crippen molar-refractivity contribution in [2.24, 2.45) is 5.10 Å². The molecule has 312 valence electrons. The number of nitrogens with zero attached hydrogens (tertiary/aromatic N) is 2. The van der Waals surface area contributed by atoms with Gasteiger partial charge in [-0.3, -0.25) is 5.43 Å². The summed E-state index contributed by atoms with van der Waals surface area (Å²) in [6, 6.07) is 25.6. The normalized spacial score (nSPS) is 10.8. The maximum absolute atomic E-state index is 13.3. The summed E-state index contributed by atoms with van der Waals surface area (Å²) in [7, 11) is 0. The third-order valence-corrected chi connectivity index (χ3v) is 9.62. The molecule has 0 saturated carbocycles. The lowest BCUT2D eigenvalue weighted by molar-refractivity contribution is -0.138. The Hall–Kier alpha value is -6.80. The van der Waals surface area contributed by atoms with E-state index in [1.54, 1.807) is 54.7 Å². The Morgan fingerprint density at radius 1 is 0.617 bits per heavy atom. The van der Waals surface area contributed by atoms with Crippen LogP contribution < -0.4 is 24.4 Å². The maximum atomic E-state index is 13.3. The lowest BCUT2D eigenvalue weighted by Crippen LogP contribution is -2.11. The van der Waals surface area contributed by atoms with Crippen molar-refractivity contribution in [2.45, 2.75) is 51.4 Å². The van der Waals surface area contributed by atoms with E-state index >= 15 is 0 Å². The van der Waals surface area contributed by atoms with Gasteiger partial charge in [-0.25, -0.2) is 24.2 Å². The Morgan fingerprint density at radius 3 is 1.68 bits per heavy atom. The summed E-state index contributed by atoms with van der Waals surface area (Å²) in [5, 5.41) is 5.00. The van der Waals surface area contributed by atoms with E-state index < -0.39 is 23.9 Å². The van der Waals surface area contributed by atoms with Crippen LogP contribution in [0.2, 0.25) is 0 Å². The van der Waals surface area contributed by atoms with Crippen molar-refractivity contribution in [1.29, 1.82) is 0 Å². The minimum absolute atomic E-state index is 0.151. The van der Waals surface area contributed by atoms with E-state index in [4.69, 9.17) is 28.4 Å². The first-order chi connectivity index (χ1) is 29.3. The number of anilines is 1. The van der Waals surface area contributed by atoms with Gasteiger partial charge in [0.2, 0.25) is 0 Å². The lowest BCUT2D eigenvalue weighted by atomic mass is 10.2. The Morgan fingerprint density at radius 2 is 1.13 bits per heavy atom. The summed E-state index contributed by atoms with van der Waals surface area (Å²) in [6.07, 6.45) is 10.7. The Kier molecular flexibility index (Phi) is 17.9. The molecule has 13 nitrogen and oxygen atoms in total. The third kappa shape index (κ3) is 14.9. The summed E-state index contributed by atoms with van der Waals surface area (Å²) in [5.74, 6) is -0.476. The second-order valence-corrected chi connectivity index (χ2v) is 14.2. The number of thiazole rings is 1. The molecule has 0 radical (unpaired) electrons. The molecule has 1 N–H and O–H groups in total. The number of ether oxygens (including phenoxy) is 6. The molecule has 5 rings (SSSR count). The van der Waals surface area contributed by atoms with Crippen LogP contribution in [0.4, 0.5) is 5.69 Å². The first kappa shape index (κ1) is 44.3. The highest BCUT2D eigenvalue weighted by molar-refractivity contribution is 7.20. The number of carbonyl (C=O) groups is 4. The van der Waals surface area contributed by atoms with Crippen molar-refractivity contribution in [3.05, 3.63) is 132 Å². The summed E-state index contributed by atoms with van der Waals surface area (Å²) < 4.78 is 34.1. The average molecular weight is 834 g/mol. The highest BCUT2D eigenvalue weighted by atomic mass is 32.1. The standard InChI is InChI=1S/C46H47N3O10S/c1-3-43(50)56-29-13-7-5-11-27-54-35-21-17-33(18-22-35)45(52)58-37-25-26-40(39(31-37)49-47-32-42-48-38-15-9-10-16-41(38)60-42)59-46(53)34-19-23-36(24-20-34)55-28-12-6-8-14-30-57-44(51)4-2/h3-4,9-10,15-26,31-32,49H,1-2,5-8,11-14,27-30H2/b47-32+. The van der Waals surface area contributed by atoms with Crippen LogP contribution in [0.5, 0.6) is 23.0 Å². The monoisotopic (exact) mass is 833 g/mol. The molecule has 5 aromatic rings. The molecule has 1 heterocycles. The van der Waals surface area contributed by atoms with Crippen LogP contribution >= 0.6 is 11.3 Å². The van der Waals surface area contributed by atoms with E-state index in [1.165, 1.54) is 29.5 Å². The SMILES string of the molecule is C=CC(=O)OCCCCCCOc1ccc(C(=O)Oc2ccc(OC(=O)c3ccc(OCCCCCCOC(=O)C=C)cc3)c(N/N=C/c3nc4ccccc4s3)c2)cc1. The van der Waals surface area contributed by atoms with E-state index in [1.807, 2.05) is 24.3 Å². The van der Waals surface area contributed by atoms with Crippen LogP contribution in [0.3, 0.4) is 0 Å². The number of rotatable bonds is 25. The van der Waals surface area contributed by atoms with Gasteiger partial charge in [-0.05, 0) is 124 Å². The minimum Gasteiger partial charge on any atom is -0.494 e. The number of hydrazone groups is 1. The zero-order chi connectivity index (χ0) is 42.4. The van der Waals surface area contributed by atoms with E-state index in [9.17, 15) is 19.2 Å². The number of nitrogens with one attached hydrogen (secondary N) is 1. The van der Waals surface area contributed by atoms with Crippen molar-refractivity contribution in [3.8, 4) is 23.0 Å². The molecule has 0 amide bonds. The quantitative estimate of drug-likeness (QED) is 0.0148. The second kappa shape index (κ2) is 24.2. The summed E-state index contributed by atoms with van der Waals surface area (Å²) >= 11 is 1.47. The zero-order valence-corrected chi connectivity index (χ0v) is 34.0. The first-order valence-corrected chi connectivity index (χ1v) is 20.4. The third-order valence-electron chi connectivity index (χ3n) is 8.65. The fourth-order valence-electron chi connectivity index (χ4n) is 5.51. The van der Waals surface area contributed by atoms with Crippen molar-refractivity contribution < 1.29 is 47.6 Å². The summed E-state index contributed by atoms with van der Waals surface area (Å²) in [4.78, 5) is 53.2. The van der Waals surface area contributed by atoms with Crippen LogP contribution in [-0.4, -0.2) is 61.5 Å². The van der Waals surface area contributed by atoms with Crippen LogP contribution in [-0.2, 0) is 19.1 Å².